The molecule has 116 valence electrons. The van der Waals surface area contributed by atoms with E-state index in [4.69, 9.17) is 0 Å². The van der Waals surface area contributed by atoms with Crippen LogP contribution in [0.2, 0.25) is 0 Å². The third-order valence-corrected chi connectivity index (χ3v) is 4.18. The lowest BCUT2D eigenvalue weighted by Crippen LogP contribution is -2.50. The number of fused-ring (bicyclic) bond motifs is 1. The molecule has 6 nitrogen and oxygen atoms in total. The number of hydrogen-bond acceptors (Lipinski definition) is 5. The molecule has 0 spiro atoms. The molecule has 1 aliphatic rings. The van der Waals surface area contributed by atoms with Crippen LogP contribution in [0.15, 0.2) is 30.7 Å². The Morgan fingerprint density at radius 1 is 1.45 bits per heavy atom. The van der Waals surface area contributed by atoms with E-state index < -0.39 is 5.60 Å². The van der Waals surface area contributed by atoms with Gasteiger partial charge in [-0.15, -0.1) is 0 Å². The largest absolute Gasteiger partial charge is 0.388 e. The van der Waals surface area contributed by atoms with Gasteiger partial charge in [0.25, 0.3) is 0 Å². The van der Waals surface area contributed by atoms with E-state index >= 15 is 0 Å². The van der Waals surface area contributed by atoms with Crippen molar-refractivity contribution in [3.8, 4) is 0 Å². The molecular weight excluding hydrogens is 280 g/mol. The highest BCUT2D eigenvalue weighted by atomic mass is 16.3. The van der Waals surface area contributed by atoms with Crippen molar-refractivity contribution in [2.45, 2.75) is 24.9 Å². The Labute approximate surface area is 129 Å². The normalized spacial score (nSPS) is 21.8. The van der Waals surface area contributed by atoms with E-state index in [9.17, 15) is 9.90 Å². The topological polar surface area (TPSA) is 78.4 Å². The van der Waals surface area contributed by atoms with Crippen LogP contribution in [0.4, 0.5) is 5.69 Å². The number of aromatic nitrogens is 2. The number of pyridine rings is 2. The van der Waals surface area contributed by atoms with E-state index in [1.165, 1.54) is 0 Å². The lowest BCUT2D eigenvalue weighted by Gasteiger charge is -2.40. The van der Waals surface area contributed by atoms with Crippen molar-refractivity contribution in [2.75, 3.05) is 25.0 Å². The molecular formula is C16H20N4O2. The molecule has 1 fully saturated rings. The minimum absolute atomic E-state index is 0.126. The zero-order valence-corrected chi connectivity index (χ0v) is 12.6. The molecule has 0 aromatic carbocycles. The fraction of sp³-hybridized carbons (Fsp3) is 0.438. The number of carbonyl (C=O) groups is 1. The number of hydrogen-bond donors (Lipinski definition) is 2. The fourth-order valence-corrected chi connectivity index (χ4v) is 3.10. The molecule has 0 radical (unpaired) electrons. The molecule has 1 aliphatic heterocycles. The van der Waals surface area contributed by atoms with Crippen LogP contribution < -0.4 is 10.2 Å². The Kier molecular flexibility index (Phi) is 3.94. The summed E-state index contributed by atoms with van der Waals surface area (Å²) in [6.45, 7) is 1.29. The molecule has 3 rings (SSSR count). The number of anilines is 1. The third-order valence-electron chi connectivity index (χ3n) is 4.18. The lowest BCUT2D eigenvalue weighted by molar-refractivity contribution is -0.125. The van der Waals surface area contributed by atoms with Gasteiger partial charge < -0.3 is 15.3 Å². The number of aliphatic hydroxyl groups is 1. The van der Waals surface area contributed by atoms with Crippen LogP contribution in [-0.4, -0.2) is 46.7 Å². The zero-order valence-electron chi connectivity index (χ0n) is 12.6. The average molecular weight is 300 g/mol. The van der Waals surface area contributed by atoms with Crippen LogP contribution in [0.25, 0.3) is 10.9 Å². The van der Waals surface area contributed by atoms with E-state index in [1.807, 2.05) is 12.1 Å². The van der Waals surface area contributed by atoms with Gasteiger partial charge >= 0.3 is 0 Å². The van der Waals surface area contributed by atoms with E-state index in [0.29, 0.717) is 13.0 Å². The number of amides is 1. The minimum atomic E-state index is -0.990. The van der Waals surface area contributed by atoms with Gasteiger partial charge in [0.15, 0.2) is 0 Å². The van der Waals surface area contributed by atoms with E-state index in [1.54, 1.807) is 25.6 Å². The van der Waals surface area contributed by atoms with Crippen LogP contribution in [0.3, 0.4) is 0 Å². The van der Waals surface area contributed by atoms with Crippen molar-refractivity contribution in [2.24, 2.45) is 0 Å². The van der Waals surface area contributed by atoms with Crippen LogP contribution in [-0.2, 0) is 4.79 Å². The minimum Gasteiger partial charge on any atom is -0.388 e. The van der Waals surface area contributed by atoms with E-state index in [2.05, 4.69) is 20.2 Å². The Morgan fingerprint density at radius 2 is 2.32 bits per heavy atom. The summed E-state index contributed by atoms with van der Waals surface area (Å²) in [5, 5.41) is 14.3. The summed E-state index contributed by atoms with van der Waals surface area (Å²) < 4.78 is 0. The van der Waals surface area contributed by atoms with Crippen LogP contribution in [0.5, 0.6) is 0 Å². The lowest BCUT2D eigenvalue weighted by atomic mass is 9.89. The highest BCUT2D eigenvalue weighted by molar-refractivity contribution is 5.90. The van der Waals surface area contributed by atoms with Gasteiger partial charge in [-0.05, 0) is 25.0 Å². The SMILES string of the molecule is CNC(=O)CC1(O)CCCN(c2ccnc3ccncc23)C1. The second-order valence-corrected chi connectivity index (χ2v) is 5.82. The molecule has 0 saturated carbocycles. The monoisotopic (exact) mass is 300 g/mol. The molecule has 22 heavy (non-hydrogen) atoms. The van der Waals surface area contributed by atoms with Crippen molar-refractivity contribution in [3.63, 3.8) is 0 Å². The first-order valence-electron chi connectivity index (χ1n) is 7.48. The Bertz CT molecular complexity index is 685. The number of carbonyl (C=O) groups excluding carboxylic acids is 1. The van der Waals surface area contributed by atoms with Gasteiger partial charge in [0, 0.05) is 49.8 Å². The van der Waals surface area contributed by atoms with Gasteiger partial charge in [-0.2, -0.15) is 0 Å². The van der Waals surface area contributed by atoms with Crippen molar-refractivity contribution in [1.29, 1.82) is 0 Å². The predicted molar refractivity (Wildman–Crippen MR) is 84.6 cm³/mol. The first-order chi connectivity index (χ1) is 10.6. The summed E-state index contributed by atoms with van der Waals surface area (Å²) in [5.74, 6) is -0.134. The standard InChI is InChI=1S/C16H20N4O2/c1-17-15(21)9-16(22)5-2-8-20(11-16)14-4-7-19-13-3-6-18-10-12(13)14/h3-4,6-7,10,22H,2,5,8-9,11H2,1H3,(H,17,21). The molecule has 6 heteroatoms. The summed E-state index contributed by atoms with van der Waals surface area (Å²) in [5.41, 5.74) is 0.900. The molecule has 1 unspecified atom stereocenters. The Morgan fingerprint density at radius 3 is 3.14 bits per heavy atom. The summed E-state index contributed by atoms with van der Waals surface area (Å²) in [6, 6.07) is 3.81. The van der Waals surface area contributed by atoms with Crippen LogP contribution in [0, 0.1) is 0 Å². The first-order valence-corrected chi connectivity index (χ1v) is 7.48. The highest BCUT2D eigenvalue weighted by Gasteiger charge is 2.35. The van der Waals surface area contributed by atoms with Crippen molar-refractivity contribution in [1.82, 2.24) is 15.3 Å². The number of β-amino-alcohol motifs (C(OH)–C–C–N with tert-alkyl or cyclic N) is 1. The quantitative estimate of drug-likeness (QED) is 0.887. The molecule has 0 bridgehead atoms. The molecule has 2 aromatic rings. The molecule has 2 aromatic heterocycles. The fourth-order valence-electron chi connectivity index (χ4n) is 3.10. The van der Waals surface area contributed by atoms with Crippen molar-refractivity contribution < 1.29 is 9.90 Å². The number of piperidine rings is 1. The summed E-state index contributed by atoms with van der Waals surface area (Å²) in [7, 11) is 1.59. The van der Waals surface area contributed by atoms with Gasteiger partial charge in [-0.3, -0.25) is 14.8 Å². The molecule has 0 aliphatic carbocycles. The maximum Gasteiger partial charge on any atom is 0.222 e. The number of nitrogens with zero attached hydrogens (tertiary/aromatic N) is 3. The summed E-state index contributed by atoms with van der Waals surface area (Å²) in [4.78, 5) is 22.3. The van der Waals surface area contributed by atoms with E-state index in [0.717, 1.165) is 29.6 Å². The second kappa shape index (κ2) is 5.88. The molecule has 1 amide bonds. The Hall–Kier alpha value is -2.21. The predicted octanol–water partition coefficient (Wildman–Crippen LogP) is 1.10. The third kappa shape index (κ3) is 2.87. The van der Waals surface area contributed by atoms with E-state index in [-0.39, 0.29) is 12.3 Å². The highest BCUT2D eigenvalue weighted by Crippen LogP contribution is 2.31. The summed E-state index contributed by atoms with van der Waals surface area (Å²) >= 11 is 0. The van der Waals surface area contributed by atoms with Gasteiger partial charge in [-0.1, -0.05) is 0 Å². The van der Waals surface area contributed by atoms with Crippen molar-refractivity contribution >= 4 is 22.5 Å². The zero-order chi connectivity index (χ0) is 15.6. The average Bonchev–Trinajstić information content (AvgIpc) is 2.54. The molecule has 2 N–H and O–H groups in total. The number of rotatable bonds is 3. The Balaban J connectivity index is 1.89. The van der Waals surface area contributed by atoms with Gasteiger partial charge in [0.1, 0.15) is 0 Å². The van der Waals surface area contributed by atoms with Crippen molar-refractivity contribution in [3.05, 3.63) is 30.7 Å². The summed E-state index contributed by atoms with van der Waals surface area (Å²) in [6.07, 6.45) is 6.89. The van der Waals surface area contributed by atoms with Crippen LogP contribution >= 0.6 is 0 Å². The van der Waals surface area contributed by atoms with Crippen LogP contribution in [0.1, 0.15) is 19.3 Å². The maximum atomic E-state index is 11.6. The molecule has 3 heterocycles. The smallest absolute Gasteiger partial charge is 0.222 e. The first kappa shape index (κ1) is 14.7. The van der Waals surface area contributed by atoms with Gasteiger partial charge in [-0.25, -0.2) is 0 Å². The van der Waals surface area contributed by atoms with Gasteiger partial charge in [0.05, 0.1) is 17.5 Å². The second-order valence-electron chi connectivity index (χ2n) is 5.82. The number of nitrogens with one attached hydrogen (secondary N) is 1. The van der Waals surface area contributed by atoms with Gasteiger partial charge in [0.2, 0.25) is 5.91 Å². The maximum absolute atomic E-state index is 11.6. The molecule has 1 atom stereocenters. The molecule has 1 saturated heterocycles.